The first-order chi connectivity index (χ1) is 19.4. The van der Waals surface area contributed by atoms with Gasteiger partial charge in [0.2, 0.25) is 5.95 Å². The average Bonchev–Trinajstić information content (AvgIpc) is 2.95. The number of benzene rings is 2. The lowest BCUT2D eigenvalue weighted by molar-refractivity contribution is 0.0993. The van der Waals surface area contributed by atoms with Gasteiger partial charge in [-0.25, -0.2) is 14.8 Å². The van der Waals surface area contributed by atoms with E-state index in [1.54, 1.807) is 65.7 Å². The Hall–Kier alpha value is -4.61. The fraction of sp³-hybridized carbons (Fsp3) is 0.179. The molecular weight excluding hydrogens is 537 g/mol. The van der Waals surface area contributed by atoms with E-state index in [4.69, 9.17) is 16.3 Å². The zero-order valence-electron chi connectivity index (χ0n) is 21.2. The summed E-state index contributed by atoms with van der Waals surface area (Å²) in [5.41, 5.74) is 5.72. The molecule has 0 unspecified atom stereocenters. The number of hydrogen-bond acceptors (Lipinski definition) is 10. The molecule has 0 aliphatic carbocycles. The Balaban J connectivity index is 1.20. The van der Waals surface area contributed by atoms with Crippen molar-refractivity contribution in [3.8, 4) is 5.75 Å². The van der Waals surface area contributed by atoms with E-state index in [9.17, 15) is 14.3 Å². The van der Waals surface area contributed by atoms with E-state index in [0.717, 1.165) is 6.20 Å². The molecule has 0 amide bonds. The van der Waals surface area contributed by atoms with E-state index < -0.39 is 5.82 Å². The van der Waals surface area contributed by atoms with Crippen LogP contribution in [0, 0.1) is 5.82 Å². The van der Waals surface area contributed by atoms with Crippen molar-refractivity contribution in [2.24, 2.45) is 5.10 Å². The number of hydrazone groups is 1. The maximum atomic E-state index is 14.2. The molecule has 0 saturated carbocycles. The first-order valence-corrected chi connectivity index (χ1v) is 12.8. The number of rotatable bonds is 9. The van der Waals surface area contributed by atoms with Gasteiger partial charge in [-0.2, -0.15) is 10.1 Å². The summed E-state index contributed by atoms with van der Waals surface area (Å²) in [5, 5.41) is 17.4. The smallest absolute Gasteiger partial charge is 0.245 e. The van der Waals surface area contributed by atoms with E-state index in [1.165, 1.54) is 6.21 Å². The Morgan fingerprint density at radius 2 is 1.95 bits per heavy atom. The predicted molar refractivity (Wildman–Crippen MR) is 151 cm³/mol. The van der Waals surface area contributed by atoms with Crippen molar-refractivity contribution in [3.05, 3.63) is 94.7 Å². The van der Waals surface area contributed by atoms with Crippen LogP contribution < -0.4 is 15.6 Å². The van der Waals surface area contributed by atoms with Crippen LogP contribution in [0.3, 0.4) is 0 Å². The van der Waals surface area contributed by atoms with Gasteiger partial charge >= 0.3 is 0 Å². The standard InChI is InChI=1S/C28H25ClFN7O3/c29-20-12-19(26(39)11-18-2-1-3-24(38)10-18)13-23(14-20)34-22-5-4-21(31-15-22)16-33-36-28-32-17-25(30)27(35-28)37-6-8-40-9-7-37/h1-5,10,12-17,34,38H,6-9,11H2,(H,32,35,36)/b33-16+. The number of ketones is 1. The van der Waals surface area contributed by atoms with Gasteiger partial charge in [-0.15, -0.1) is 0 Å². The molecule has 12 heteroatoms. The molecule has 3 N–H and O–H groups in total. The highest BCUT2D eigenvalue weighted by Crippen LogP contribution is 2.24. The van der Waals surface area contributed by atoms with Crippen LogP contribution in [-0.2, 0) is 11.2 Å². The second-order valence-electron chi connectivity index (χ2n) is 8.93. The number of hydrogen-bond donors (Lipinski definition) is 3. The molecule has 0 bridgehead atoms. The number of carbonyl (C=O) groups is 1. The number of ether oxygens (including phenoxy) is 1. The van der Waals surface area contributed by atoms with Crippen molar-refractivity contribution in [1.29, 1.82) is 0 Å². The number of phenolic OH excluding ortho intramolecular Hbond substituents is 1. The number of nitrogens with zero attached hydrogens (tertiary/aromatic N) is 5. The van der Waals surface area contributed by atoms with Crippen LogP contribution in [0.4, 0.5) is 27.5 Å². The normalized spacial score (nSPS) is 13.4. The molecule has 2 aromatic carbocycles. The van der Waals surface area contributed by atoms with Gasteiger partial charge in [0.15, 0.2) is 17.4 Å². The van der Waals surface area contributed by atoms with Crippen molar-refractivity contribution in [2.75, 3.05) is 41.9 Å². The lowest BCUT2D eigenvalue weighted by Gasteiger charge is -2.27. The summed E-state index contributed by atoms with van der Waals surface area (Å²) in [6.07, 6.45) is 4.34. The molecular formula is C28H25ClFN7O3. The summed E-state index contributed by atoms with van der Waals surface area (Å²) in [5.74, 6) is -0.163. The molecule has 10 nitrogen and oxygen atoms in total. The van der Waals surface area contributed by atoms with Gasteiger partial charge in [-0.1, -0.05) is 23.7 Å². The number of nitrogens with one attached hydrogen (secondary N) is 2. The van der Waals surface area contributed by atoms with Crippen LogP contribution >= 0.6 is 11.6 Å². The fourth-order valence-corrected chi connectivity index (χ4v) is 4.30. The Bertz CT molecular complexity index is 1530. The maximum Gasteiger partial charge on any atom is 0.245 e. The lowest BCUT2D eigenvalue weighted by Crippen LogP contribution is -2.37. The van der Waals surface area contributed by atoms with E-state index in [-0.39, 0.29) is 29.7 Å². The zero-order chi connectivity index (χ0) is 27.9. The van der Waals surface area contributed by atoms with E-state index >= 15 is 0 Å². The third-order valence-corrected chi connectivity index (χ3v) is 6.19. The van der Waals surface area contributed by atoms with Gasteiger partial charge in [-0.05, 0) is 48.0 Å². The monoisotopic (exact) mass is 561 g/mol. The summed E-state index contributed by atoms with van der Waals surface area (Å²) in [7, 11) is 0. The SMILES string of the molecule is O=C(Cc1cccc(O)c1)c1cc(Cl)cc(Nc2ccc(/C=N/Nc3ncc(F)c(N4CCOCC4)n3)nc2)c1. The van der Waals surface area contributed by atoms with Gasteiger partial charge in [0.1, 0.15) is 5.75 Å². The van der Waals surface area contributed by atoms with Crippen LogP contribution in [0.1, 0.15) is 21.6 Å². The summed E-state index contributed by atoms with van der Waals surface area (Å²) in [6, 6.07) is 15.2. The van der Waals surface area contributed by atoms with Crippen LogP contribution in [-0.4, -0.2) is 58.4 Å². The molecule has 5 rings (SSSR count). The molecule has 1 aliphatic heterocycles. The molecule has 0 atom stereocenters. The Morgan fingerprint density at radius 1 is 1.10 bits per heavy atom. The Labute approximate surface area is 234 Å². The number of anilines is 4. The van der Waals surface area contributed by atoms with Crippen molar-refractivity contribution in [3.63, 3.8) is 0 Å². The molecule has 2 aromatic heterocycles. The van der Waals surface area contributed by atoms with E-state index in [2.05, 4.69) is 30.8 Å². The molecule has 1 fully saturated rings. The zero-order valence-corrected chi connectivity index (χ0v) is 22.0. The molecule has 4 aromatic rings. The van der Waals surface area contributed by atoms with E-state index in [1.807, 2.05) is 0 Å². The topological polar surface area (TPSA) is 125 Å². The third-order valence-electron chi connectivity index (χ3n) is 5.97. The minimum absolute atomic E-state index is 0.109. The van der Waals surface area contributed by atoms with Crippen LogP contribution in [0.15, 0.2) is 72.1 Å². The number of carbonyl (C=O) groups excluding carboxylic acids is 1. The first kappa shape index (κ1) is 27.0. The minimum atomic E-state index is -0.506. The number of phenols is 1. The molecule has 1 aliphatic rings. The Kier molecular flexibility index (Phi) is 8.43. The van der Waals surface area contributed by atoms with Crippen molar-refractivity contribution < 1.29 is 19.0 Å². The molecule has 1 saturated heterocycles. The first-order valence-electron chi connectivity index (χ1n) is 12.4. The van der Waals surface area contributed by atoms with Gasteiger partial charge < -0.3 is 20.1 Å². The lowest BCUT2D eigenvalue weighted by atomic mass is 10.0. The summed E-state index contributed by atoms with van der Waals surface area (Å²) in [6.45, 7) is 2.12. The number of aromatic hydroxyl groups is 1. The Morgan fingerprint density at radius 3 is 2.73 bits per heavy atom. The van der Waals surface area contributed by atoms with Crippen molar-refractivity contribution in [1.82, 2.24) is 15.0 Å². The predicted octanol–water partition coefficient (Wildman–Crippen LogP) is 4.82. The number of Topliss-reactive ketones (excluding diaryl/α,β-unsaturated/α-hetero) is 1. The average molecular weight is 562 g/mol. The maximum absolute atomic E-state index is 14.2. The highest BCUT2D eigenvalue weighted by molar-refractivity contribution is 6.31. The number of morpholine rings is 1. The molecule has 0 spiro atoms. The quantitative estimate of drug-likeness (QED) is 0.150. The fourth-order valence-electron chi connectivity index (χ4n) is 4.06. The van der Waals surface area contributed by atoms with Crippen LogP contribution in [0.5, 0.6) is 5.75 Å². The van der Waals surface area contributed by atoms with Crippen molar-refractivity contribution in [2.45, 2.75) is 6.42 Å². The van der Waals surface area contributed by atoms with Gasteiger partial charge in [0.25, 0.3) is 0 Å². The number of aromatic nitrogens is 3. The molecule has 40 heavy (non-hydrogen) atoms. The van der Waals surface area contributed by atoms with Gasteiger partial charge in [-0.3, -0.25) is 9.78 Å². The van der Waals surface area contributed by atoms with Crippen LogP contribution in [0.2, 0.25) is 5.02 Å². The molecule has 204 valence electrons. The second-order valence-corrected chi connectivity index (χ2v) is 9.37. The molecule has 0 radical (unpaired) electrons. The van der Waals surface area contributed by atoms with Crippen LogP contribution in [0.25, 0.3) is 0 Å². The van der Waals surface area contributed by atoms with Crippen molar-refractivity contribution >= 4 is 46.7 Å². The largest absolute Gasteiger partial charge is 0.508 e. The summed E-state index contributed by atoms with van der Waals surface area (Å²) >= 11 is 6.27. The number of halogens is 2. The highest BCUT2D eigenvalue weighted by atomic mass is 35.5. The van der Waals surface area contributed by atoms with Gasteiger partial charge in [0.05, 0.1) is 43.2 Å². The highest BCUT2D eigenvalue weighted by Gasteiger charge is 2.17. The summed E-state index contributed by atoms with van der Waals surface area (Å²) < 4.78 is 19.5. The second kappa shape index (κ2) is 12.5. The minimum Gasteiger partial charge on any atom is -0.508 e. The van der Waals surface area contributed by atoms with Gasteiger partial charge in [0, 0.05) is 35.8 Å². The third kappa shape index (κ3) is 7.07. The van der Waals surface area contributed by atoms with E-state index in [0.29, 0.717) is 59.5 Å². The molecule has 3 heterocycles. The number of pyridine rings is 1. The summed E-state index contributed by atoms with van der Waals surface area (Å²) in [4.78, 5) is 27.1.